The van der Waals surface area contributed by atoms with Gasteiger partial charge in [0.1, 0.15) is 6.04 Å². The summed E-state index contributed by atoms with van der Waals surface area (Å²) in [6.07, 6.45) is 2.54. The van der Waals surface area contributed by atoms with Gasteiger partial charge in [0.05, 0.1) is 0 Å². The Morgan fingerprint density at radius 2 is 2.09 bits per heavy atom. The molecule has 0 rings (SSSR count). The summed E-state index contributed by atoms with van der Waals surface area (Å²) in [6.45, 7) is 3.47. The Bertz CT molecular complexity index is 147. The van der Waals surface area contributed by atoms with Gasteiger partial charge in [0.15, 0.2) is 0 Å². The van der Waals surface area contributed by atoms with Crippen LogP contribution in [0.15, 0.2) is 12.7 Å². The van der Waals surface area contributed by atoms with Gasteiger partial charge in [-0.25, -0.2) is 0 Å². The van der Waals surface area contributed by atoms with Crippen LogP contribution in [0, 0.1) is 0 Å². The van der Waals surface area contributed by atoms with E-state index in [0.29, 0.717) is 12.8 Å². The summed E-state index contributed by atoms with van der Waals surface area (Å²) in [5, 5.41) is 8.38. The lowest BCUT2D eigenvalue weighted by Crippen LogP contribution is -2.32. The van der Waals surface area contributed by atoms with Crippen LogP contribution >= 0.6 is 0 Å². The molecule has 0 aromatic carbocycles. The number of carboxylic acids is 1. The van der Waals surface area contributed by atoms with E-state index in [2.05, 4.69) is 6.58 Å². The molecule has 4 nitrogen and oxygen atoms in total. The first-order valence-corrected chi connectivity index (χ1v) is 3.44. The maximum atomic E-state index is 10.2. The molecule has 0 fully saturated rings. The lowest BCUT2D eigenvalue weighted by molar-refractivity contribution is -0.138. The third-order valence-corrected chi connectivity index (χ3v) is 1.43. The number of hydrogen-bond donors (Lipinski definition) is 3. The molecule has 0 aromatic rings. The molecule has 0 spiro atoms. The molecule has 0 amide bonds. The van der Waals surface area contributed by atoms with E-state index in [1.807, 2.05) is 0 Å². The topological polar surface area (TPSA) is 89.3 Å². The van der Waals surface area contributed by atoms with Crippen molar-refractivity contribution in [2.24, 2.45) is 11.5 Å². The third kappa shape index (κ3) is 4.52. The number of hydrogen-bond acceptors (Lipinski definition) is 3. The van der Waals surface area contributed by atoms with Crippen LogP contribution in [0.5, 0.6) is 0 Å². The molecule has 11 heavy (non-hydrogen) atoms. The predicted molar refractivity (Wildman–Crippen MR) is 43.0 cm³/mol. The summed E-state index contributed by atoms with van der Waals surface area (Å²) < 4.78 is 0. The average Bonchev–Trinajstić information content (AvgIpc) is 1.99. The van der Waals surface area contributed by atoms with Crippen LogP contribution in [-0.2, 0) is 4.79 Å². The van der Waals surface area contributed by atoms with E-state index in [-0.39, 0.29) is 6.04 Å². The summed E-state index contributed by atoms with van der Waals surface area (Å²) in [6, 6.07) is -0.957. The quantitative estimate of drug-likeness (QED) is 0.479. The Morgan fingerprint density at radius 3 is 2.45 bits per heavy atom. The Morgan fingerprint density at radius 1 is 1.55 bits per heavy atom. The van der Waals surface area contributed by atoms with Crippen molar-refractivity contribution in [3.05, 3.63) is 12.7 Å². The molecule has 5 N–H and O–H groups in total. The molecule has 0 aliphatic carbocycles. The molecule has 2 atom stereocenters. The van der Waals surface area contributed by atoms with Crippen LogP contribution < -0.4 is 11.5 Å². The van der Waals surface area contributed by atoms with E-state index in [0.717, 1.165) is 0 Å². The summed E-state index contributed by atoms with van der Waals surface area (Å²) in [5.74, 6) is -0.985. The molecular weight excluding hydrogens is 144 g/mol. The minimum atomic E-state index is -0.985. The highest BCUT2D eigenvalue weighted by Gasteiger charge is 2.11. The first kappa shape index (κ1) is 10.1. The van der Waals surface area contributed by atoms with Gasteiger partial charge in [-0.15, -0.1) is 6.58 Å². The number of rotatable bonds is 5. The monoisotopic (exact) mass is 158 g/mol. The average molecular weight is 158 g/mol. The van der Waals surface area contributed by atoms with Crippen LogP contribution in [0.25, 0.3) is 0 Å². The van der Waals surface area contributed by atoms with Crippen molar-refractivity contribution in [1.29, 1.82) is 0 Å². The fourth-order valence-electron chi connectivity index (χ4n) is 0.613. The molecule has 0 saturated heterocycles. The van der Waals surface area contributed by atoms with E-state index in [1.54, 1.807) is 6.08 Å². The molecule has 0 aliphatic rings. The van der Waals surface area contributed by atoms with Crippen molar-refractivity contribution >= 4 is 5.97 Å². The smallest absolute Gasteiger partial charge is 0.320 e. The molecule has 0 aromatic heterocycles. The van der Waals surface area contributed by atoms with Crippen molar-refractivity contribution in [3.8, 4) is 0 Å². The first-order chi connectivity index (χ1) is 5.07. The Labute approximate surface area is 65.9 Å². The van der Waals surface area contributed by atoms with Crippen molar-refractivity contribution in [2.75, 3.05) is 0 Å². The minimum Gasteiger partial charge on any atom is -0.480 e. The maximum Gasteiger partial charge on any atom is 0.320 e. The first-order valence-electron chi connectivity index (χ1n) is 3.44. The van der Waals surface area contributed by atoms with Gasteiger partial charge in [-0.2, -0.15) is 0 Å². The second-order valence-electron chi connectivity index (χ2n) is 2.42. The maximum absolute atomic E-state index is 10.2. The number of carbonyl (C=O) groups is 1. The molecule has 0 radical (unpaired) electrons. The van der Waals surface area contributed by atoms with Gasteiger partial charge in [-0.1, -0.05) is 6.08 Å². The Balaban J connectivity index is 3.53. The van der Waals surface area contributed by atoms with E-state index in [1.165, 1.54) is 0 Å². The van der Waals surface area contributed by atoms with Gasteiger partial charge in [-0.05, 0) is 12.8 Å². The molecule has 2 unspecified atom stereocenters. The highest BCUT2D eigenvalue weighted by atomic mass is 16.4. The molecule has 0 saturated carbocycles. The zero-order valence-corrected chi connectivity index (χ0v) is 6.36. The van der Waals surface area contributed by atoms with E-state index in [9.17, 15) is 4.79 Å². The number of nitrogens with two attached hydrogens (primary N) is 2. The molecule has 64 valence electrons. The summed E-state index contributed by atoms with van der Waals surface area (Å²) in [5.41, 5.74) is 10.7. The van der Waals surface area contributed by atoms with Crippen LogP contribution in [0.1, 0.15) is 12.8 Å². The molecule has 0 aliphatic heterocycles. The molecule has 4 heteroatoms. The zero-order chi connectivity index (χ0) is 8.85. The van der Waals surface area contributed by atoms with E-state index in [4.69, 9.17) is 16.6 Å². The Hall–Kier alpha value is -0.870. The standard InChI is InChI=1S/C7H14N2O2/c1-2-5(8)3-4-6(9)7(10)11/h2,5-6H,1,3-4,8-9H2,(H,10,11). The summed E-state index contributed by atoms with van der Waals surface area (Å²) in [7, 11) is 0. The second-order valence-corrected chi connectivity index (χ2v) is 2.42. The fraction of sp³-hybridized carbons (Fsp3) is 0.571. The van der Waals surface area contributed by atoms with Crippen LogP contribution in [-0.4, -0.2) is 23.2 Å². The molecule has 0 heterocycles. The molecular formula is C7H14N2O2. The molecule has 0 bridgehead atoms. The zero-order valence-electron chi connectivity index (χ0n) is 6.36. The Kier molecular flexibility index (Phi) is 4.49. The van der Waals surface area contributed by atoms with Crippen LogP contribution in [0.4, 0.5) is 0 Å². The van der Waals surface area contributed by atoms with Crippen molar-refractivity contribution < 1.29 is 9.90 Å². The van der Waals surface area contributed by atoms with E-state index < -0.39 is 12.0 Å². The number of carboxylic acid groups (broad SMARTS) is 1. The van der Waals surface area contributed by atoms with Gasteiger partial charge in [0, 0.05) is 6.04 Å². The van der Waals surface area contributed by atoms with E-state index >= 15 is 0 Å². The SMILES string of the molecule is C=CC(N)CCC(N)C(=O)O. The second kappa shape index (κ2) is 4.87. The lowest BCUT2D eigenvalue weighted by atomic mass is 10.1. The van der Waals surface area contributed by atoms with Gasteiger partial charge in [-0.3, -0.25) is 4.79 Å². The van der Waals surface area contributed by atoms with Crippen LogP contribution in [0.3, 0.4) is 0 Å². The lowest BCUT2D eigenvalue weighted by Gasteiger charge is -2.08. The summed E-state index contributed by atoms with van der Waals surface area (Å²) in [4.78, 5) is 10.2. The normalized spacial score (nSPS) is 15.5. The van der Waals surface area contributed by atoms with Gasteiger partial charge >= 0.3 is 5.97 Å². The van der Waals surface area contributed by atoms with Crippen molar-refractivity contribution in [1.82, 2.24) is 0 Å². The third-order valence-electron chi connectivity index (χ3n) is 1.43. The highest BCUT2D eigenvalue weighted by Crippen LogP contribution is 1.98. The van der Waals surface area contributed by atoms with Gasteiger partial charge in [0.25, 0.3) is 0 Å². The highest BCUT2D eigenvalue weighted by molar-refractivity contribution is 5.72. The predicted octanol–water partition coefficient (Wildman–Crippen LogP) is -0.308. The van der Waals surface area contributed by atoms with Gasteiger partial charge < -0.3 is 16.6 Å². The van der Waals surface area contributed by atoms with Crippen LogP contribution in [0.2, 0.25) is 0 Å². The fourth-order valence-corrected chi connectivity index (χ4v) is 0.613. The largest absolute Gasteiger partial charge is 0.480 e. The summed E-state index contributed by atoms with van der Waals surface area (Å²) >= 11 is 0. The van der Waals surface area contributed by atoms with Crippen molar-refractivity contribution in [2.45, 2.75) is 24.9 Å². The van der Waals surface area contributed by atoms with Crippen molar-refractivity contribution in [3.63, 3.8) is 0 Å². The van der Waals surface area contributed by atoms with Gasteiger partial charge in [0.2, 0.25) is 0 Å². The number of aliphatic carboxylic acids is 1. The minimum absolute atomic E-state index is 0.152.